The van der Waals surface area contributed by atoms with Gasteiger partial charge in [0.1, 0.15) is 17.3 Å². The van der Waals surface area contributed by atoms with Crippen molar-refractivity contribution in [3.63, 3.8) is 0 Å². The largest absolute Gasteiger partial charge is 0.646 e. The van der Waals surface area contributed by atoms with Crippen LogP contribution in [0.2, 0.25) is 0 Å². The highest BCUT2D eigenvalue weighted by molar-refractivity contribution is 7.49. The molecule has 3 rings (SSSR count). The smallest absolute Gasteiger partial charge is 0.391 e. The van der Waals surface area contributed by atoms with Crippen LogP contribution in [0.4, 0.5) is 0 Å². The van der Waals surface area contributed by atoms with Crippen molar-refractivity contribution < 1.29 is 18.1 Å². The van der Waals surface area contributed by atoms with Crippen LogP contribution in [-0.4, -0.2) is 0 Å². The average molecular weight is 394 g/mol. The summed E-state index contributed by atoms with van der Waals surface area (Å²) < 4.78 is 30.2. The molecule has 0 spiro atoms. The SMILES string of the molecule is CC(=CCCc1ccccc1)OP(=O)(Oc1ccccc1)Oc1ccccc1. The Hall–Kier alpha value is -2.97. The molecule has 4 nitrogen and oxygen atoms in total. The average Bonchev–Trinajstić information content (AvgIpc) is 2.70. The van der Waals surface area contributed by atoms with Crippen molar-refractivity contribution in [1.82, 2.24) is 0 Å². The van der Waals surface area contributed by atoms with E-state index in [-0.39, 0.29) is 0 Å². The standard InChI is InChI=1S/C23H23O4P/c1-20(12-11-15-21-13-5-2-6-14-21)25-28(24,26-22-16-7-3-8-17-22)27-23-18-9-4-10-19-23/h2-10,12-14,16-19H,11,15H2,1H3. The highest BCUT2D eigenvalue weighted by Gasteiger charge is 2.32. The lowest BCUT2D eigenvalue weighted by molar-refractivity contribution is 0.256. The summed E-state index contributed by atoms with van der Waals surface area (Å²) in [5, 5.41) is 0. The maximum atomic E-state index is 13.3. The molecule has 0 heterocycles. The predicted molar refractivity (Wildman–Crippen MR) is 111 cm³/mol. The Morgan fingerprint density at radius 3 is 1.75 bits per heavy atom. The summed E-state index contributed by atoms with van der Waals surface area (Å²) >= 11 is 0. The number of hydrogen-bond donors (Lipinski definition) is 0. The fraction of sp³-hybridized carbons (Fsp3) is 0.130. The van der Waals surface area contributed by atoms with E-state index in [2.05, 4.69) is 12.1 Å². The number of aryl methyl sites for hydroxylation is 1. The molecule has 0 saturated heterocycles. The Bertz CT molecular complexity index is 879. The van der Waals surface area contributed by atoms with Gasteiger partial charge in [0.2, 0.25) is 0 Å². The van der Waals surface area contributed by atoms with Crippen LogP contribution in [0, 0.1) is 0 Å². The molecule has 0 saturated carbocycles. The number of hydrogen-bond acceptors (Lipinski definition) is 4. The third kappa shape index (κ3) is 6.33. The van der Waals surface area contributed by atoms with Crippen LogP contribution in [-0.2, 0) is 15.5 Å². The first-order chi connectivity index (χ1) is 13.6. The number of benzene rings is 3. The van der Waals surface area contributed by atoms with Crippen molar-refractivity contribution in [2.45, 2.75) is 19.8 Å². The molecule has 0 bridgehead atoms. The molecule has 28 heavy (non-hydrogen) atoms. The molecule has 0 aromatic heterocycles. The third-order valence-corrected chi connectivity index (χ3v) is 5.26. The van der Waals surface area contributed by atoms with E-state index in [1.807, 2.05) is 36.4 Å². The minimum Gasteiger partial charge on any atom is -0.391 e. The molecular weight excluding hydrogens is 371 g/mol. The van der Waals surface area contributed by atoms with Gasteiger partial charge in [-0.15, -0.1) is 0 Å². The highest BCUT2D eigenvalue weighted by Crippen LogP contribution is 2.51. The van der Waals surface area contributed by atoms with Gasteiger partial charge in [-0.1, -0.05) is 66.7 Å². The molecule has 0 N–H and O–H groups in total. The van der Waals surface area contributed by atoms with Crippen LogP contribution in [0.15, 0.2) is 103 Å². The van der Waals surface area contributed by atoms with Gasteiger partial charge in [-0.25, -0.2) is 0 Å². The van der Waals surface area contributed by atoms with Crippen LogP contribution in [0.3, 0.4) is 0 Å². The van der Waals surface area contributed by atoms with E-state index in [0.29, 0.717) is 17.3 Å². The van der Waals surface area contributed by atoms with Crippen molar-refractivity contribution in [3.8, 4) is 11.5 Å². The number of phosphoric ester groups is 1. The van der Waals surface area contributed by atoms with Crippen molar-refractivity contribution in [1.29, 1.82) is 0 Å². The van der Waals surface area contributed by atoms with Crippen LogP contribution in [0.5, 0.6) is 11.5 Å². The first-order valence-electron chi connectivity index (χ1n) is 9.13. The van der Waals surface area contributed by atoms with E-state index in [4.69, 9.17) is 13.6 Å². The molecule has 3 aromatic rings. The Labute approximate surface area is 166 Å². The lowest BCUT2D eigenvalue weighted by atomic mass is 10.1. The van der Waals surface area contributed by atoms with Gasteiger partial charge < -0.3 is 13.6 Å². The summed E-state index contributed by atoms with van der Waals surface area (Å²) in [7, 11) is -3.90. The fourth-order valence-corrected chi connectivity index (χ4v) is 3.88. The van der Waals surface area contributed by atoms with Crippen LogP contribution < -0.4 is 9.05 Å². The van der Waals surface area contributed by atoms with Gasteiger partial charge in [0, 0.05) is 0 Å². The van der Waals surface area contributed by atoms with Gasteiger partial charge in [0.25, 0.3) is 0 Å². The number of phosphoric acid groups is 1. The monoisotopic (exact) mass is 394 g/mol. The van der Waals surface area contributed by atoms with E-state index in [9.17, 15) is 4.57 Å². The quantitative estimate of drug-likeness (QED) is 0.295. The maximum Gasteiger partial charge on any atom is 0.646 e. The molecule has 5 heteroatoms. The van der Waals surface area contributed by atoms with Crippen molar-refractivity contribution in [2.24, 2.45) is 0 Å². The Balaban J connectivity index is 1.70. The lowest BCUT2D eigenvalue weighted by Gasteiger charge is -2.19. The topological polar surface area (TPSA) is 44.8 Å². The van der Waals surface area contributed by atoms with Crippen LogP contribution in [0.25, 0.3) is 0 Å². The molecule has 144 valence electrons. The number of para-hydroxylation sites is 2. The molecule has 0 aliphatic carbocycles. The molecule has 0 amide bonds. The predicted octanol–water partition coefficient (Wildman–Crippen LogP) is 6.81. The molecule has 0 atom stereocenters. The van der Waals surface area contributed by atoms with E-state index in [1.54, 1.807) is 55.5 Å². The van der Waals surface area contributed by atoms with Gasteiger partial charge >= 0.3 is 7.82 Å². The molecular formula is C23H23O4P. The zero-order chi connectivity index (χ0) is 19.7. The second-order valence-corrected chi connectivity index (χ2v) is 7.63. The van der Waals surface area contributed by atoms with Crippen LogP contribution in [0.1, 0.15) is 18.9 Å². The van der Waals surface area contributed by atoms with Gasteiger partial charge in [0.15, 0.2) is 0 Å². The van der Waals surface area contributed by atoms with E-state index < -0.39 is 7.82 Å². The second-order valence-electron chi connectivity index (χ2n) is 6.19. The zero-order valence-electron chi connectivity index (χ0n) is 15.7. The molecule has 0 aliphatic rings. The number of allylic oxidation sites excluding steroid dienone is 2. The maximum absolute atomic E-state index is 13.3. The fourth-order valence-electron chi connectivity index (χ4n) is 2.58. The summed E-state index contributed by atoms with van der Waals surface area (Å²) in [4.78, 5) is 0. The van der Waals surface area contributed by atoms with Crippen molar-refractivity contribution in [3.05, 3.63) is 108 Å². The molecule has 3 aromatic carbocycles. The Kier molecular flexibility index (Phi) is 6.94. The third-order valence-electron chi connectivity index (χ3n) is 3.88. The first-order valence-corrected chi connectivity index (χ1v) is 10.6. The molecule has 0 radical (unpaired) electrons. The van der Waals surface area contributed by atoms with E-state index in [1.165, 1.54) is 5.56 Å². The molecule has 0 aliphatic heterocycles. The van der Waals surface area contributed by atoms with E-state index in [0.717, 1.165) is 12.8 Å². The summed E-state index contributed by atoms with van der Waals surface area (Å²) in [6.07, 6.45) is 3.51. The zero-order valence-corrected chi connectivity index (χ0v) is 16.6. The lowest BCUT2D eigenvalue weighted by Crippen LogP contribution is -2.04. The molecule has 0 unspecified atom stereocenters. The first kappa shape index (κ1) is 19.8. The van der Waals surface area contributed by atoms with Gasteiger partial charge in [-0.3, -0.25) is 0 Å². The summed E-state index contributed by atoms with van der Waals surface area (Å²) in [6.45, 7) is 1.75. The van der Waals surface area contributed by atoms with Gasteiger partial charge in [0.05, 0.1) is 0 Å². The summed E-state index contributed by atoms with van der Waals surface area (Å²) in [5.41, 5.74) is 1.23. The normalized spacial score (nSPS) is 11.7. The van der Waals surface area contributed by atoms with Gasteiger partial charge in [-0.05, 0) is 55.7 Å². The van der Waals surface area contributed by atoms with Gasteiger partial charge in [-0.2, -0.15) is 4.57 Å². The second kappa shape index (κ2) is 9.82. The minimum atomic E-state index is -3.90. The van der Waals surface area contributed by atoms with Crippen LogP contribution >= 0.6 is 7.82 Å². The number of rotatable bonds is 9. The van der Waals surface area contributed by atoms with Crippen molar-refractivity contribution in [2.75, 3.05) is 0 Å². The Morgan fingerprint density at radius 2 is 1.25 bits per heavy atom. The minimum absolute atomic E-state index is 0.416. The van der Waals surface area contributed by atoms with E-state index >= 15 is 0 Å². The Morgan fingerprint density at radius 1 is 0.786 bits per heavy atom. The molecule has 0 fully saturated rings. The summed E-state index contributed by atoms with van der Waals surface area (Å²) in [5.74, 6) is 1.32. The highest BCUT2D eigenvalue weighted by atomic mass is 31.2. The van der Waals surface area contributed by atoms with Crippen molar-refractivity contribution >= 4 is 7.82 Å². The summed E-state index contributed by atoms with van der Waals surface area (Å²) in [6, 6.07) is 27.9.